The number of pyridine rings is 1. The molecule has 2 fully saturated rings. The number of aromatic nitrogens is 1. The SMILES string of the molecule is CN=C(NCc1ncccc1C)NC1CCN(C(=O)C2CCCC2)C1.I. The maximum absolute atomic E-state index is 12.5. The number of aliphatic imine (C=N–C) groups is 1. The summed E-state index contributed by atoms with van der Waals surface area (Å²) < 4.78 is 0. The highest BCUT2D eigenvalue weighted by Gasteiger charge is 2.32. The van der Waals surface area contributed by atoms with E-state index in [4.69, 9.17) is 0 Å². The summed E-state index contributed by atoms with van der Waals surface area (Å²) in [6.45, 7) is 4.33. The fourth-order valence-electron chi connectivity index (χ4n) is 3.77. The van der Waals surface area contributed by atoms with Gasteiger partial charge in [0.1, 0.15) is 0 Å². The van der Waals surface area contributed by atoms with Gasteiger partial charge in [0.2, 0.25) is 5.91 Å². The first-order valence-electron chi connectivity index (χ1n) is 9.34. The first-order chi connectivity index (χ1) is 12.2. The predicted molar refractivity (Wildman–Crippen MR) is 115 cm³/mol. The van der Waals surface area contributed by atoms with Gasteiger partial charge in [-0.25, -0.2) is 0 Å². The van der Waals surface area contributed by atoms with Gasteiger partial charge in [0.25, 0.3) is 0 Å². The van der Waals surface area contributed by atoms with Crippen LogP contribution in [-0.2, 0) is 11.3 Å². The fraction of sp³-hybridized carbons (Fsp3) is 0.632. The Balaban J connectivity index is 0.00000243. The lowest BCUT2D eigenvalue weighted by molar-refractivity contribution is -0.134. The van der Waals surface area contributed by atoms with Crippen molar-refractivity contribution in [2.45, 2.75) is 51.6 Å². The molecule has 2 aliphatic rings. The predicted octanol–water partition coefficient (Wildman–Crippen LogP) is 2.46. The zero-order valence-corrected chi connectivity index (χ0v) is 18.0. The molecule has 1 amide bonds. The van der Waals surface area contributed by atoms with Crippen LogP contribution in [0.25, 0.3) is 0 Å². The Hall–Kier alpha value is -1.38. The maximum Gasteiger partial charge on any atom is 0.225 e. The Morgan fingerprint density at radius 1 is 1.35 bits per heavy atom. The molecule has 1 aromatic heterocycles. The quantitative estimate of drug-likeness (QED) is 0.402. The molecular formula is C19H30IN5O. The lowest BCUT2D eigenvalue weighted by atomic mass is 10.1. The van der Waals surface area contributed by atoms with E-state index in [9.17, 15) is 4.79 Å². The molecule has 1 aliphatic heterocycles. The van der Waals surface area contributed by atoms with Crippen molar-refractivity contribution >= 4 is 35.8 Å². The van der Waals surface area contributed by atoms with Gasteiger partial charge in [-0.2, -0.15) is 0 Å². The molecule has 2 N–H and O–H groups in total. The molecule has 1 saturated carbocycles. The summed E-state index contributed by atoms with van der Waals surface area (Å²) in [5.74, 6) is 1.39. The van der Waals surface area contributed by atoms with Crippen molar-refractivity contribution in [3.63, 3.8) is 0 Å². The molecule has 26 heavy (non-hydrogen) atoms. The summed E-state index contributed by atoms with van der Waals surface area (Å²) >= 11 is 0. The first kappa shape index (κ1) is 20.9. The number of halogens is 1. The molecule has 1 aliphatic carbocycles. The van der Waals surface area contributed by atoms with Crippen LogP contribution in [0.2, 0.25) is 0 Å². The number of hydrogen-bond acceptors (Lipinski definition) is 3. The lowest BCUT2D eigenvalue weighted by Crippen LogP contribution is -2.45. The zero-order chi connectivity index (χ0) is 17.6. The van der Waals surface area contributed by atoms with Crippen LogP contribution in [0.5, 0.6) is 0 Å². The Morgan fingerprint density at radius 2 is 2.12 bits per heavy atom. The van der Waals surface area contributed by atoms with E-state index in [2.05, 4.69) is 33.6 Å². The number of nitrogens with zero attached hydrogens (tertiary/aromatic N) is 3. The Morgan fingerprint density at radius 3 is 2.81 bits per heavy atom. The summed E-state index contributed by atoms with van der Waals surface area (Å²) in [5.41, 5.74) is 2.19. The van der Waals surface area contributed by atoms with Crippen molar-refractivity contribution in [1.29, 1.82) is 0 Å². The number of rotatable bonds is 4. The summed E-state index contributed by atoms with van der Waals surface area (Å²) in [5, 5.41) is 6.77. The van der Waals surface area contributed by atoms with Gasteiger partial charge >= 0.3 is 0 Å². The van der Waals surface area contributed by atoms with Crippen LogP contribution in [0.1, 0.15) is 43.4 Å². The normalized spacial score (nSPS) is 20.8. The van der Waals surface area contributed by atoms with Crippen molar-refractivity contribution < 1.29 is 4.79 Å². The van der Waals surface area contributed by atoms with Gasteiger partial charge in [-0.1, -0.05) is 18.9 Å². The topological polar surface area (TPSA) is 69.6 Å². The Labute approximate surface area is 173 Å². The molecule has 0 radical (unpaired) electrons. The lowest BCUT2D eigenvalue weighted by Gasteiger charge is -2.21. The van der Waals surface area contributed by atoms with Crippen LogP contribution >= 0.6 is 24.0 Å². The number of guanidine groups is 1. The first-order valence-corrected chi connectivity index (χ1v) is 9.34. The number of nitrogens with one attached hydrogen (secondary N) is 2. The van der Waals surface area contributed by atoms with E-state index in [0.29, 0.717) is 12.5 Å². The molecule has 0 aromatic carbocycles. The van der Waals surface area contributed by atoms with Gasteiger partial charge in [0, 0.05) is 38.3 Å². The minimum Gasteiger partial charge on any atom is -0.352 e. The van der Waals surface area contributed by atoms with Crippen LogP contribution < -0.4 is 10.6 Å². The molecule has 144 valence electrons. The number of amides is 1. The van der Waals surface area contributed by atoms with E-state index in [1.807, 2.05) is 17.2 Å². The van der Waals surface area contributed by atoms with Crippen molar-refractivity contribution in [3.8, 4) is 0 Å². The van der Waals surface area contributed by atoms with Crippen LogP contribution in [0, 0.1) is 12.8 Å². The highest BCUT2D eigenvalue weighted by molar-refractivity contribution is 14.0. The summed E-state index contributed by atoms with van der Waals surface area (Å²) in [4.78, 5) is 23.3. The van der Waals surface area contributed by atoms with Crippen LogP contribution in [0.4, 0.5) is 0 Å². The zero-order valence-electron chi connectivity index (χ0n) is 15.7. The molecule has 0 spiro atoms. The van der Waals surface area contributed by atoms with Gasteiger partial charge < -0.3 is 15.5 Å². The van der Waals surface area contributed by atoms with Gasteiger partial charge in [-0.3, -0.25) is 14.8 Å². The third kappa shape index (κ3) is 5.31. The molecule has 7 heteroatoms. The van der Waals surface area contributed by atoms with Crippen molar-refractivity contribution in [2.24, 2.45) is 10.9 Å². The summed E-state index contributed by atoms with van der Waals surface area (Å²) in [6.07, 6.45) is 7.33. The van der Waals surface area contributed by atoms with Crippen molar-refractivity contribution in [1.82, 2.24) is 20.5 Å². The number of carbonyl (C=O) groups excluding carboxylic acids is 1. The maximum atomic E-state index is 12.5. The molecule has 1 atom stereocenters. The van der Waals surface area contributed by atoms with E-state index in [1.165, 1.54) is 18.4 Å². The standard InChI is InChI=1S/C19H29N5O.HI/c1-14-6-5-10-21-17(14)12-22-19(20-2)23-16-9-11-24(13-16)18(25)15-7-3-4-8-15;/h5-6,10,15-16H,3-4,7-9,11-13H2,1-2H3,(H2,20,22,23);1H. The average Bonchev–Trinajstić information content (AvgIpc) is 3.31. The van der Waals surface area contributed by atoms with E-state index in [0.717, 1.165) is 44.0 Å². The molecule has 1 aromatic rings. The minimum atomic E-state index is 0. The van der Waals surface area contributed by atoms with Gasteiger partial charge in [-0.05, 0) is 37.8 Å². The molecule has 2 heterocycles. The van der Waals surface area contributed by atoms with E-state index in [1.54, 1.807) is 7.05 Å². The fourth-order valence-corrected chi connectivity index (χ4v) is 3.77. The second-order valence-corrected chi connectivity index (χ2v) is 7.09. The second-order valence-electron chi connectivity index (χ2n) is 7.09. The Kier molecular flexibility index (Phi) is 8.12. The average molecular weight is 471 g/mol. The Bertz CT molecular complexity index is 630. The molecule has 6 nitrogen and oxygen atoms in total. The third-order valence-corrected chi connectivity index (χ3v) is 5.31. The summed E-state index contributed by atoms with van der Waals surface area (Å²) in [6, 6.07) is 4.27. The monoisotopic (exact) mass is 471 g/mol. The largest absolute Gasteiger partial charge is 0.352 e. The van der Waals surface area contributed by atoms with Gasteiger partial charge in [0.05, 0.1) is 12.2 Å². The van der Waals surface area contributed by atoms with Crippen molar-refractivity contribution in [3.05, 3.63) is 29.6 Å². The number of likely N-dealkylation sites (tertiary alicyclic amines) is 1. The summed E-state index contributed by atoms with van der Waals surface area (Å²) in [7, 11) is 1.77. The molecule has 1 saturated heterocycles. The number of hydrogen-bond donors (Lipinski definition) is 2. The molecule has 1 unspecified atom stereocenters. The number of carbonyl (C=O) groups is 1. The molecule has 3 rings (SSSR count). The van der Waals surface area contributed by atoms with Crippen LogP contribution in [-0.4, -0.2) is 47.9 Å². The molecule has 0 bridgehead atoms. The van der Waals surface area contributed by atoms with E-state index in [-0.39, 0.29) is 35.9 Å². The van der Waals surface area contributed by atoms with E-state index >= 15 is 0 Å². The van der Waals surface area contributed by atoms with Gasteiger partial charge in [0.15, 0.2) is 5.96 Å². The molecular weight excluding hydrogens is 441 g/mol. The van der Waals surface area contributed by atoms with Crippen LogP contribution in [0.15, 0.2) is 23.3 Å². The van der Waals surface area contributed by atoms with Crippen LogP contribution in [0.3, 0.4) is 0 Å². The minimum absolute atomic E-state index is 0. The third-order valence-electron chi connectivity index (χ3n) is 5.31. The number of aryl methyl sites for hydroxylation is 1. The smallest absolute Gasteiger partial charge is 0.225 e. The van der Waals surface area contributed by atoms with Crippen molar-refractivity contribution in [2.75, 3.05) is 20.1 Å². The highest BCUT2D eigenvalue weighted by atomic mass is 127. The van der Waals surface area contributed by atoms with Gasteiger partial charge in [-0.15, -0.1) is 24.0 Å². The highest BCUT2D eigenvalue weighted by Crippen LogP contribution is 2.27. The van der Waals surface area contributed by atoms with E-state index < -0.39 is 0 Å². The second kappa shape index (κ2) is 10.1.